The highest BCUT2D eigenvalue weighted by Gasteiger charge is 2.40. The first-order chi connectivity index (χ1) is 7.15. The van der Waals surface area contributed by atoms with Gasteiger partial charge in [-0.05, 0) is 19.3 Å². The molecule has 1 saturated heterocycles. The molecule has 1 fully saturated rings. The third-order valence-electron chi connectivity index (χ3n) is 2.83. The minimum atomic E-state index is -2.99. The van der Waals surface area contributed by atoms with Gasteiger partial charge in [0.25, 0.3) is 0 Å². The van der Waals surface area contributed by atoms with E-state index >= 15 is 0 Å². The molecule has 0 bridgehead atoms. The Morgan fingerprint density at radius 1 is 1.44 bits per heavy atom. The van der Waals surface area contributed by atoms with Crippen molar-refractivity contribution in [3.05, 3.63) is 0 Å². The number of amides is 1. The van der Waals surface area contributed by atoms with Crippen molar-refractivity contribution in [1.82, 2.24) is 5.32 Å². The number of carbonyl (C=O) groups is 1. The average molecular weight is 265 g/mol. The Kier molecular flexibility index (Phi) is 3.95. The summed E-state index contributed by atoms with van der Waals surface area (Å²) in [7, 11) is -2.99. The second-order valence-corrected chi connectivity index (χ2v) is 7.82. The van der Waals surface area contributed by atoms with Gasteiger partial charge in [-0.25, -0.2) is 8.42 Å². The minimum absolute atomic E-state index is 0.0321. The largest absolute Gasteiger partial charge is 0.349 e. The lowest BCUT2D eigenvalue weighted by molar-refractivity contribution is -0.122. The lowest BCUT2D eigenvalue weighted by atomic mass is 10.0. The molecule has 0 aromatic rings. The molecule has 0 aliphatic carbocycles. The van der Waals surface area contributed by atoms with Crippen LogP contribution in [0, 0.1) is 5.92 Å². The number of carbonyl (C=O) groups excluding carboxylic acids is 1. The molecule has 0 saturated carbocycles. The van der Waals surface area contributed by atoms with Crippen molar-refractivity contribution >= 4 is 28.4 Å². The zero-order chi connectivity index (χ0) is 12.6. The van der Waals surface area contributed by atoms with Gasteiger partial charge >= 0.3 is 0 Å². The maximum atomic E-state index is 11.8. The first-order valence-electron chi connectivity index (χ1n) is 5.36. The van der Waals surface area contributed by atoms with Crippen molar-refractivity contribution in [2.24, 2.45) is 5.92 Å². The summed E-state index contributed by atoms with van der Waals surface area (Å²) < 4.78 is 22.7. The molecule has 1 heterocycles. The molecule has 1 aliphatic heterocycles. The summed E-state index contributed by atoms with van der Waals surface area (Å²) in [5.74, 6) is 0.135. The van der Waals surface area contributed by atoms with E-state index in [-0.39, 0.29) is 28.6 Å². The lowest BCUT2D eigenvalue weighted by Gasteiger charge is -2.26. The zero-order valence-corrected chi connectivity index (χ0v) is 11.6. The van der Waals surface area contributed by atoms with Crippen LogP contribution in [0.1, 0.15) is 27.2 Å². The summed E-state index contributed by atoms with van der Waals surface area (Å²) in [6, 6.07) is 0. The molecule has 1 N–H and O–H groups in total. The molecule has 2 unspecified atom stereocenters. The predicted molar refractivity (Wildman–Crippen MR) is 67.4 cm³/mol. The summed E-state index contributed by atoms with van der Waals surface area (Å²) in [5.41, 5.74) is -0.619. The van der Waals surface area contributed by atoms with Crippen LogP contribution in [0.4, 0.5) is 0 Å². The van der Waals surface area contributed by atoms with Gasteiger partial charge in [0, 0.05) is 0 Å². The van der Waals surface area contributed by atoms with Crippen molar-refractivity contribution in [1.29, 1.82) is 0 Å². The van der Waals surface area contributed by atoms with Gasteiger partial charge in [0.05, 0.1) is 22.3 Å². The Labute approximate surface area is 103 Å². The number of thiol groups is 1. The van der Waals surface area contributed by atoms with Crippen molar-refractivity contribution < 1.29 is 13.2 Å². The third kappa shape index (κ3) is 3.38. The van der Waals surface area contributed by atoms with Gasteiger partial charge < -0.3 is 5.32 Å². The molecule has 94 valence electrons. The number of hydrogen-bond acceptors (Lipinski definition) is 4. The SMILES string of the molecule is CC(C)C(S)C(=O)NC1(C)CCS(=O)(=O)C1. The highest BCUT2D eigenvalue weighted by Crippen LogP contribution is 2.23. The summed E-state index contributed by atoms with van der Waals surface area (Å²) >= 11 is 4.21. The zero-order valence-electron chi connectivity index (χ0n) is 9.86. The molecular formula is C10H19NO3S2. The first kappa shape index (κ1) is 13.8. The fourth-order valence-electron chi connectivity index (χ4n) is 1.78. The van der Waals surface area contributed by atoms with E-state index in [0.717, 1.165) is 0 Å². The van der Waals surface area contributed by atoms with Crippen LogP contribution in [-0.4, -0.2) is 36.6 Å². The van der Waals surface area contributed by atoms with Crippen LogP contribution in [0.15, 0.2) is 0 Å². The van der Waals surface area contributed by atoms with E-state index in [9.17, 15) is 13.2 Å². The second kappa shape index (κ2) is 4.56. The molecular weight excluding hydrogens is 246 g/mol. The molecule has 1 aliphatic rings. The Balaban J connectivity index is 2.65. The number of nitrogens with one attached hydrogen (secondary N) is 1. The fraction of sp³-hybridized carbons (Fsp3) is 0.900. The van der Waals surface area contributed by atoms with Gasteiger partial charge in [0.1, 0.15) is 0 Å². The van der Waals surface area contributed by atoms with Crippen LogP contribution in [0.25, 0.3) is 0 Å². The molecule has 16 heavy (non-hydrogen) atoms. The summed E-state index contributed by atoms with van der Waals surface area (Å²) in [6.07, 6.45) is 0.486. The Bertz CT molecular complexity index is 378. The standard InChI is InChI=1S/C10H19NO3S2/c1-7(2)8(15)9(12)11-10(3)4-5-16(13,14)6-10/h7-8,15H,4-6H2,1-3H3,(H,11,12). The fourth-order valence-corrected chi connectivity index (χ4v) is 3.94. The molecule has 0 spiro atoms. The monoisotopic (exact) mass is 265 g/mol. The van der Waals surface area contributed by atoms with E-state index in [0.29, 0.717) is 6.42 Å². The summed E-state index contributed by atoms with van der Waals surface area (Å²) in [6.45, 7) is 5.59. The summed E-state index contributed by atoms with van der Waals surface area (Å²) in [4.78, 5) is 11.8. The molecule has 1 rings (SSSR count). The van der Waals surface area contributed by atoms with Crippen LogP contribution in [0.3, 0.4) is 0 Å². The average Bonchev–Trinajstić information content (AvgIpc) is 2.38. The van der Waals surface area contributed by atoms with Gasteiger partial charge in [-0.2, -0.15) is 12.6 Å². The molecule has 1 amide bonds. The molecule has 0 aromatic heterocycles. The van der Waals surface area contributed by atoms with E-state index in [2.05, 4.69) is 17.9 Å². The van der Waals surface area contributed by atoms with Crippen molar-refractivity contribution in [2.45, 2.75) is 38.0 Å². The second-order valence-electron chi connectivity index (χ2n) is 5.08. The maximum Gasteiger partial charge on any atom is 0.233 e. The smallest absolute Gasteiger partial charge is 0.233 e. The maximum absolute atomic E-state index is 11.8. The number of hydrogen-bond donors (Lipinski definition) is 2. The van der Waals surface area contributed by atoms with Gasteiger partial charge in [-0.15, -0.1) is 0 Å². The van der Waals surface area contributed by atoms with Crippen LogP contribution in [-0.2, 0) is 14.6 Å². The number of rotatable bonds is 3. The topological polar surface area (TPSA) is 63.2 Å². The normalized spacial score (nSPS) is 30.3. The third-order valence-corrected chi connectivity index (χ3v) is 5.56. The number of sulfone groups is 1. The predicted octanol–water partition coefficient (Wildman–Crippen LogP) is 0.634. The Hall–Kier alpha value is -0.230. The highest BCUT2D eigenvalue weighted by atomic mass is 32.2. The molecule has 0 radical (unpaired) electrons. The van der Waals surface area contributed by atoms with Crippen molar-refractivity contribution in [2.75, 3.05) is 11.5 Å². The molecule has 4 nitrogen and oxygen atoms in total. The van der Waals surface area contributed by atoms with Gasteiger partial charge in [0.15, 0.2) is 9.84 Å². The molecule has 6 heteroatoms. The van der Waals surface area contributed by atoms with E-state index in [1.165, 1.54) is 0 Å². The van der Waals surface area contributed by atoms with Gasteiger partial charge in [-0.1, -0.05) is 13.8 Å². The molecule has 0 aromatic carbocycles. The van der Waals surface area contributed by atoms with Crippen LogP contribution in [0.5, 0.6) is 0 Å². The van der Waals surface area contributed by atoms with E-state index in [1.54, 1.807) is 6.92 Å². The van der Waals surface area contributed by atoms with Gasteiger partial charge in [-0.3, -0.25) is 4.79 Å². The Morgan fingerprint density at radius 3 is 2.38 bits per heavy atom. The van der Waals surface area contributed by atoms with Crippen LogP contribution >= 0.6 is 12.6 Å². The van der Waals surface area contributed by atoms with E-state index in [4.69, 9.17) is 0 Å². The van der Waals surface area contributed by atoms with Crippen LogP contribution in [0.2, 0.25) is 0 Å². The quantitative estimate of drug-likeness (QED) is 0.736. The molecule has 2 atom stereocenters. The van der Waals surface area contributed by atoms with Crippen LogP contribution < -0.4 is 5.32 Å². The van der Waals surface area contributed by atoms with E-state index in [1.807, 2.05) is 13.8 Å². The lowest BCUT2D eigenvalue weighted by Crippen LogP contribution is -2.50. The van der Waals surface area contributed by atoms with Crippen molar-refractivity contribution in [3.8, 4) is 0 Å². The Morgan fingerprint density at radius 2 is 2.00 bits per heavy atom. The van der Waals surface area contributed by atoms with Gasteiger partial charge in [0.2, 0.25) is 5.91 Å². The van der Waals surface area contributed by atoms with E-state index < -0.39 is 15.4 Å². The summed E-state index contributed by atoms with van der Waals surface area (Å²) in [5, 5.41) is 2.41. The highest BCUT2D eigenvalue weighted by molar-refractivity contribution is 7.91. The first-order valence-corrected chi connectivity index (χ1v) is 7.69. The van der Waals surface area contributed by atoms with Crippen molar-refractivity contribution in [3.63, 3.8) is 0 Å². The minimum Gasteiger partial charge on any atom is -0.349 e.